The molecule has 7 nitrogen and oxygen atoms in total. The minimum Gasteiger partial charge on any atom is -0.493 e. The molecule has 1 rings (SSSR count). The number of ether oxygens (including phenoxy) is 4. The maximum Gasteiger partial charge on any atom is 0.331 e. The van der Waals surface area contributed by atoms with E-state index in [1.54, 1.807) is 23.1 Å². The monoisotopic (exact) mass is 379 g/mol. The van der Waals surface area contributed by atoms with Crippen molar-refractivity contribution in [2.24, 2.45) is 0 Å². The number of esters is 1. The quantitative estimate of drug-likeness (QED) is 0.485. The molecule has 0 bridgehead atoms. The summed E-state index contributed by atoms with van der Waals surface area (Å²) in [6, 6.07) is 3.47. The maximum atomic E-state index is 12.2. The molecule has 1 aromatic carbocycles. The SMILES string of the molecule is COc1cc(/C=C/C(=O)OCC(=O)N(C(C)C)C(C)C)cc(OC)c1OC. The highest BCUT2D eigenvalue weighted by Gasteiger charge is 2.20. The average Bonchev–Trinajstić information content (AvgIpc) is 2.62. The Morgan fingerprint density at radius 1 is 0.963 bits per heavy atom. The lowest BCUT2D eigenvalue weighted by Crippen LogP contribution is -2.44. The van der Waals surface area contributed by atoms with Crippen LogP contribution in [0.5, 0.6) is 17.2 Å². The van der Waals surface area contributed by atoms with Crippen LogP contribution in [0.4, 0.5) is 0 Å². The molecule has 150 valence electrons. The summed E-state index contributed by atoms with van der Waals surface area (Å²) < 4.78 is 20.9. The molecule has 0 heterocycles. The van der Waals surface area contributed by atoms with E-state index in [0.29, 0.717) is 22.8 Å². The molecule has 1 aromatic rings. The van der Waals surface area contributed by atoms with Crippen LogP contribution < -0.4 is 14.2 Å². The molecule has 0 atom stereocenters. The Bertz CT molecular complexity index is 648. The molecule has 0 aliphatic carbocycles. The summed E-state index contributed by atoms with van der Waals surface area (Å²) in [7, 11) is 4.54. The van der Waals surface area contributed by atoms with Gasteiger partial charge in [-0.05, 0) is 51.5 Å². The van der Waals surface area contributed by atoms with Crippen molar-refractivity contribution in [1.82, 2.24) is 4.90 Å². The first-order valence-electron chi connectivity index (χ1n) is 8.71. The molecule has 0 aromatic heterocycles. The first kappa shape index (κ1) is 22.3. The number of methoxy groups -OCH3 is 3. The molecule has 0 spiro atoms. The number of carbonyl (C=O) groups excluding carboxylic acids is 2. The smallest absolute Gasteiger partial charge is 0.331 e. The predicted octanol–water partition coefficient (Wildman–Crippen LogP) is 2.91. The summed E-state index contributed by atoms with van der Waals surface area (Å²) in [6.45, 7) is 7.39. The van der Waals surface area contributed by atoms with Crippen LogP contribution in [0.3, 0.4) is 0 Å². The molecule has 1 amide bonds. The summed E-state index contributed by atoms with van der Waals surface area (Å²) in [6.07, 6.45) is 2.81. The third-order valence-electron chi connectivity index (χ3n) is 3.84. The van der Waals surface area contributed by atoms with Crippen molar-refractivity contribution in [2.75, 3.05) is 27.9 Å². The zero-order chi connectivity index (χ0) is 20.6. The normalized spacial score (nSPS) is 11.0. The van der Waals surface area contributed by atoms with E-state index in [9.17, 15) is 9.59 Å². The van der Waals surface area contributed by atoms with Crippen LogP contribution in [0, 0.1) is 0 Å². The van der Waals surface area contributed by atoms with Crippen molar-refractivity contribution in [2.45, 2.75) is 39.8 Å². The summed E-state index contributed by atoms with van der Waals surface area (Å²) >= 11 is 0. The van der Waals surface area contributed by atoms with Gasteiger partial charge in [-0.3, -0.25) is 4.79 Å². The third-order valence-corrected chi connectivity index (χ3v) is 3.84. The first-order chi connectivity index (χ1) is 12.7. The van der Waals surface area contributed by atoms with Crippen LogP contribution in [0.2, 0.25) is 0 Å². The summed E-state index contributed by atoms with van der Waals surface area (Å²) in [5.41, 5.74) is 0.666. The van der Waals surface area contributed by atoms with Gasteiger partial charge in [-0.2, -0.15) is 0 Å². The van der Waals surface area contributed by atoms with Gasteiger partial charge in [0.2, 0.25) is 5.75 Å². The van der Waals surface area contributed by atoms with Gasteiger partial charge in [0.1, 0.15) is 0 Å². The van der Waals surface area contributed by atoms with Crippen LogP contribution in [0.1, 0.15) is 33.3 Å². The van der Waals surface area contributed by atoms with Gasteiger partial charge in [0.15, 0.2) is 18.1 Å². The second-order valence-corrected chi connectivity index (χ2v) is 6.39. The highest BCUT2D eigenvalue weighted by molar-refractivity contribution is 5.89. The van der Waals surface area contributed by atoms with Crippen LogP contribution in [0.15, 0.2) is 18.2 Å². The Labute approximate surface area is 160 Å². The number of amides is 1. The molecule has 0 saturated heterocycles. The maximum absolute atomic E-state index is 12.2. The second-order valence-electron chi connectivity index (χ2n) is 6.39. The molecule has 0 saturated carbocycles. The topological polar surface area (TPSA) is 74.3 Å². The molecule has 0 unspecified atom stereocenters. The van der Waals surface area contributed by atoms with Crippen molar-refractivity contribution in [3.05, 3.63) is 23.8 Å². The zero-order valence-electron chi connectivity index (χ0n) is 17.1. The Morgan fingerprint density at radius 2 is 1.48 bits per heavy atom. The van der Waals surface area contributed by atoms with Gasteiger partial charge >= 0.3 is 5.97 Å². The highest BCUT2D eigenvalue weighted by atomic mass is 16.5. The Hall–Kier alpha value is -2.70. The van der Waals surface area contributed by atoms with Crippen LogP contribution in [-0.4, -0.2) is 56.8 Å². The average molecular weight is 379 g/mol. The van der Waals surface area contributed by atoms with Gasteiger partial charge in [0.25, 0.3) is 5.91 Å². The Morgan fingerprint density at radius 3 is 1.89 bits per heavy atom. The van der Waals surface area contributed by atoms with Crippen molar-refractivity contribution in [3.63, 3.8) is 0 Å². The fraction of sp³-hybridized carbons (Fsp3) is 0.500. The van der Waals surface area contributed by atoms with Gasteiger partial charge in [-0.1, -0.05) is 0 Å². The Balaban J connectivity index is 2.80. The first-order valence-corrected chi connectivity index (χ1v) is 8.71. The molecule has 0 N–H and O–H groups in total. The van der Waals surface area contributed by atoms with Crippen LogP contribution >= 0.6 is 0 Å². The fourth-order valence-corrected chi connectivity index (χ4v) is 2.79. The molecule has 0 fully saturated rings. The minimum absolute atomic E-state index is 0.0333. The molecule has 0 aliphatic heterocycles. The van der Waals surface area contributed by atoms with E-state index in [4.69, 9.17) is 18.9 Å². The van der Waals surface area contributed by atoms with Crippen LogP contribution in [-0.2, 0) is 14.3 Å². The number of benzene rings is 1. The van der Waals surface area contributed by atoms with E-state index in [-0.39, 0.29) is 24.6 Å². The lowest BCUT2D eigenvalue weighted by molar-refractivity contribution is -0.150. The van der Waals surface area contributed by atoms with E-state index in [1.165, 1.54) is 27.4 Å². The molecule has 0 radical (unpaired) electrons. The second kappa shape index (κ2) is 10.4. The third kappa shape index (κ3) is 6.20. The lowest BCUT2D eigenvalue weighted by Gasteiger charge is -2.30. The summed E-state index contributed by atoms with van der Waals surface area (Å²) in [5, 5.41) is 0. The molecule has 7 heteroatoms. The van der Waals surface area contributed by atoms with Gasteiger partial charge in [0, 0.05) is 18.2 Å². The molecule has 27 heavy (non-hydrogen) atoms. The number of hydrogen-bond donors (Lipinski definition) is 0. The number of carbonyl (C=O) groups is 2. The standard InChI is InChI=1S/C20H29NO6/c1-13(2)21(14(3)4)18(22)12-27-19(23)9-8-15-10-16(24-5)20(26-7)17(11-15)25-6/h8-11,13-14H,12H2,1-7H3/b9-8+. The van der Waals surface area contributed by atoms with E-state index in [0.717, 1.165) is 0 Å². The molecular formula is C20H29NO6. The zero-order valence-corrected chi connectivity index (χ0v) is 17.1. The number of nitrogens with zero attached hydrogens (tertiary/aromatic N) is 1. The van der Waals surface area contributed by atoms with Gasteiger partial charge in [-0.15, -0.1) is 0 Å². The minimum atomic E-state index is -0.607. The Kier molecular flexibility index (Phi) is 8.65. The van der Waals surface area contributed by atoms with Gasteiger partial charge < -0.3 is 23.8 Å². The van der Waals surface area contributed by atoms with E-state index >= 15 is 0 Å². The number of rotatable bonds is 9. The van der Waals surface area contributed by atoms with Crippen LogP contribution in [0.25, 0.3) is 6.08 Å². The molecular weight excluding hydrogens is 350 g/mol. The molecule has 0 aliphatic rings. The van der Waals surface area contributed by atoms with Gasteiger partial charge in [0.05, 0.1) is 21.3 Å². The lowest BCUT2D eigenvalue weighted by atomic mass is 10.1. The van der Waals surface area contributed by atoms with Crippen molar-refractivity contribution >= 4 is 18.0 Å². The summed E-state index contributed by atoms with van der Waals surface area (Å²) in [4.78, 5) is 25.8. The van der Waals surface area contributed by atoms with Crippen molar-refractivity contribution in [1.29, 1.82) is 0 Å². The fourth-order valence-electron chi connectivity index (χ4n) is 2.79. The number of hydrogen-bond acceptors (Lipinski definition) is 6. The van der Waals surface area contributed by atoms with E-state index in [1.807, 2.05) is 27.7 Å². The summed E-state index contributed by atoms with van der Waals surface area (Å²) in [5.74, 6) is 0.584. The van der Waals surface area contributed by atoms with Gasteiger partial charge in [-0.25, -0.2) is 4.79 Å². The van der Waals surface area contributed by atoms with Crippen molar-refractivity contribution < 1.29 is 28.5 Å². The van der Waals surface area contributed by atoms with Crippen molar-refractivity contribution in [3.8, 4) is 17.2 Å². The van der Waals surface area contributed by atoms with E-state index in [2.05, 4.69) is 0 Å². The predicted molar refractivity (Wildman–Crippen MR) is 103 cm³/mol. The largest absolute Gasteiger partial charge is 0.493 e. The highest BCUT2D eigenvalue weighted by Crippen LogP contribution is 2.38. The van der Waals surface area contributed by atoms with E-state index < -0.39 is 5.97 Å².